The second kappa shape index (κ2) is 7.71. The highest BCUT2D eigenvalue weighted by Crippen LogP contribution is 2.30. The van der Waals surface area contributed by atoms with E-state index in [1.807, 2.05) is 18.2 Å². The third-order valence-electron chi connectivity index (χ3n) is 3.80. The molecule has 0 aromatic heterocycles. The Kier molecular flexibility index (Phi) is 5.68. The van der Waals surface area contributed by atoms with Gasteiger partial charge in [-0.05, 0) is 31.0 Å². The molecule has 0 bridgehead atoms. The number of methoxy groups -OCH3 is 1. The highest BCUT2D eigenvalue weighted by Gasteiger charge is 2.22. The van der Waals surface area contributed by atoms with Crippen molar-refractivity contribution in [1.82, 2.24) is 10.2 Å². The van der Waals surface area contributed by atoms with E-state index in [0.29, 0.717) is 18.0 Å². The molecule has 2 rings (SSSR count). The lowest BCUT2D eigenvalue weighted by atomic mass is 10.1. The SMILES string of the molecule is C#Cc1ccc(OC)c(OC2CCN(CC(=O)NC)CC2)c1. The maximum atomic E-state index is 11.4. The molecule has 1 heterocycles. The zero-order valence-electron chi connectivity index (χ0n) is 13.1. The van der Waals surface area contributed by atoms with E-state index in [1.165, 1.54) is 0 Å². The first-order valence-electron chi connectivity index (χ1n) is 7.40. The zero-order chi connectivity index (χ0) is 15.9. The zero-order valence-corrected chi connectivity index (χ0v) is 13.1. The maximum Gasteiger partial charge on any atom is 0.233 e. The number of likely N-dealkylation sites (tertiary alicyclic amines) is 1. The highest BCUT2D eigenvalue weighted by atomic mass is 16.5. The summed E-state index contributed by atoms with van der Waals surface area (Å²) in [5, 5.41) is 2.64. The van der Waals surface area contributed by atoms with Gasteiger partial charge in [0.15, 0.2) is 11.5 Å². The molecule has 1 amide bonds. The first-order chi connectivity index (χ1) is 10.7. The minimum atomic E-state index is 0.0442. The summed E-state index contributed by atoms with van der Waals surface area (Å²) in [4.78, 5) is 13.5. The molecule has 0 atom stereocenters. The van der Waals surface area contributed by atoms with Gasteiger partial charge < -0.3 is 14.8 Å². The quantitative estimate of drug-likeness (QED) is 0.832. The molecule has 5 heteroatoms. The number of nitrogens with one attached hydrogen (secondary N) is 1. The number of terminal acetylenes is 1. The fraction of sp³-hybridized carbons (Fsp3) is 0.471. The smallest absolute Gasteiger partial charge is 0.233 e. The molecule has 0 unspecified atom stereocenters. The lowest BCUT2D eigenvalue weighted by molar-refractivity contribution is -0.122. The average Bonchev–Trinajstić information content (AvgIpc) is 2.56. The van der Waals surface area contributed by atoms with Crippen molar-refractivity contribution in [3.63, 3.8) is 0 Å². The molecule has 5 nitrogen and oxygen atoms in total. The van der Waals surface area contributed by atoms with Crippen molar-refractivity contribution in [2.75, 3.05) is 33.8 Å². The van der Waals surface area contributed by atoms with Crippen molar-refractivity contribution >= 4 is 5.91 Å². The molecule has 1 aromatic carbocycles. The first-order valence-corrected chi connectivity index (χ1v) is 7.40. The number of carbonyl (C=O) groups excluding carboxylic acids is 1. The summed E-state index contributed by atoms with van der Waals surface area (Å²) in [5.74, 6) is 4.02. The van der Waals surface area contributed by atoms with Gasteiger partial charge >= 0.3 is 0 Å². The molecule has 1 N–H and O–H groups in total. The van der Waals surface area contributed by atoms with Crippen molar-refractivity contribution in [3.05, 3.63) is 23.8 Å². The van der Waals surface area contributed by atoms with Gasteiger partial charge in [-0.25, -0.2) is 0 Å². The average molecular weight is 302 g/mol. The van der Waals surface area contributed by atoms with Crippen LogP contribution in [0.15, 0.2) is 18.2 Å². The Balaban J connectivity index is 1.93. The van der Waals surface area contributed by atoms with Gasteiger partial charge in [-0.2, -0.15) is 0 Å². The van der Waals surface area contributed by atoms with Crippen LogP contribution in [0.4, 0.5) is 0 Å². The van der Waals surface area contributed by atoms with Crippen LogP contribution in [-0.2, 0) is 4.79 Å². The lowest BCUT2D eigenvalue weighted by Crippen LogP contribution is -2.43. The number of ether oxygens (including phenoxy) is 2. The number of carbonyl (C=O) groups is 1. The molecular formula is C17H22N2O3. The van der Waals surface area contributed by atoms with Gasteiger partial charge in [-0.3, -0.25) is 9.69 Å². The molecule has 22 heavy (non-hydrogen) atoms. The van der Waals surface area contributed by atoms with Gasteiger partial charge in [-0.15, -0.1) is 6.42 Å². The van der Waals surface area contributed by atoms with Crippen LogP contribution < -0.4 is 14.8 Å². The van der Waals surface area contributed by atoms with E-state index < -0.39 is 0 Å². The molecule has 0 radical (unpaired) electrons. The Morgan fingerprint density at radius 3 is 2.73 bits per heavy atom. The highest BCUT2D eigenvalue weighted by molar-refractivity contribution is 5.77. The van der Waals surface area contributed by atoms with E-state index in [0.717, 1.165) is 31.5 Å². The minimum absolute atomic E-state index is 0.0442. The predicted molar refractivity (Wildman–Crippen MR) is 85.1 cm³/mol. The van der Waals surface area contributed by atoms with Crippen LogP contribution in [-0.4, -0.2) is 50.7 Å². The number of amides is 1. The van der Waals surface area contributed by atoms with Crippen LogP contribution in [0, 0.1) is 12.3 Å². The fourth-order valence-electron chi connectivity index (χ4n) is 2.51. The van der Waals surface area contributed by atoms with Gasteiger partial charge in [0.25, 0.3) is 0 Å². The number of likely N-dealkylation sites (N-methyl/N-ethyl adjacent to an activating group) is 1. The first kappa shape index (κ1) is 16.2. The fourth-order valence-corrected chi connectivity index (χ4v) is 2.51. The molecule has 1 aromatic rings. The summed E-state index contributed by atoms with van der Waals surface area (Å²) in [7, 11) is 3.27. The molecule has 0 spiro atoms. The summed E-state index contributed by atoms with van der Waals surface area (Å²) in [5.41, 5.74) is 0.771. The maximum absolute atomic E-state index is 11.4. The number of piperidine rings is 1. The van der Waals surface area contributed by atoms with E-state index in [1.54, 1.807) is 14.2 Å². The van der Waals surface area contributed by atoms with E-state index in [-0.39, 0.29) is 12.0 Å². The summed E-state index contributed by atoms with van der Waals surface area (Å²) in [6.45, 7) is 2.13. The van der Waals surface area contributed by atoms with Crippen molar-refractivity contribution in [2.45, 2.75) is 18.9 Å². The second-order valence-corrected chi connectivity index (χ2v) is 5.28. The van der Waals surface area contributed by atoms with Crippen LogP contribution >= 0.6 is 0 Å². The standard InChI is InChI=1S/C17H22N2O3/c1-4-13-5-6-15(21-3)16(11-13)22-14-7-9-19(10-8-14)12-17(20)18-2/h1,5-6,11,14H,7-10,12H2,2-3H3,(H,18,20). The molecule has 1 fully saturated rings. The number of hydrogen-bond acceptors (Lipinski definition) is 4. The monoisotopic (exact) mass is 302 g/mol. The van der Waals surface area contributed by atoms with Gasteiger partial charge in [0.1, 0.15) is 6.10 Å². The largest absolute Gasteiger partial charge is 0.493 e. The molecule has 118 valence electrons. The number of rotatable bonds is 5. The van der Waals surface area contributed by atoms with Gasteiger partial charge in [0, 0.05) is 25.7 Å². The molecule has 1 aliphatic heterocycles. The van der Waals surface area contributed by atoms with Crippen molar-refractivity contribution in [3.8, 4) is 23.8 Å². The van der Waals surface area contributed by atoms with Crippen LogP contribution in [0.3, 0.4) is 0 Å². The normalized spacial score (nSPS) is 15.9. The van der Waals surface area contributed by atoms with E-state index in [4.69, 9.17) is 15.9 Å². The third kappa shape index (κ3) is 4.15. The summed E-state index contributed by atoms with van der Waals surface area (Å²) < 4.78 is 11.4. The number of benzene rings is 1. The van der Waals surface area contributed by atoms with Crippen LogP contribution in [0.5, 0.6) is 11.5 Å². The minimum Gasteiger partial charge on any atom is -0.493 e. The number of nitrogens with zero attached hydrogens (tertiary/aromatic N) is 1. The molecule has 1 aliphatic rings. The second-order valence-electron chi connectivity index (χ2n) is 5.28. The Labute approximate surface area is 131 Å². The third-order valence-corrected chi connectivity index (χ3v) is 3.80. The Morgan fingerprint density at radius 1 is 1.41 bits per heavy atom. The van der Waals surface area contributed by atoms with Gasteiger partial charge in [-0.1, -0.05) is 5.92 Å². The van der Waals surface area contributed by atoms with Crippen molar-refractivity contribution in [2.24, 2.45) is 0 Å². The van der Waals surface area contributed by atoms with Gasteiger partial charge in [0.2, 0.25) is 5.91 Å². The predicted octanol–water partition coefficient (Wildman–Crippen LogP) is 1.27. The van der Waals surface area contributed by atoms with Crippen molar-refractivity contribution in [1.29, 1.82) is 0 Å². The van der Waals surface area contributed by atoms with Crippen LogP contribution in [0.25, 0.3) is 0 Å². The summed E-state index contributed by atoms with van der Waals surface area (Å²) in [6, 6.07) is 5.48. The topological polar surface area (TPSA) is 50.8 Å². The van der Waals surface area contributed by atoms with E-state index in [9.17, 15) is 4.79 Å². The Morgan fingerprint density at radius 2 is 2.14 bits per heavy atom. The Hall–Kier alpha value is -2.19. The lowest BCUT2D eigenvalue weighted by Gasteiger charge is -2.31. The molecule has 0 aliphatic carbocycles. The molecular weight excluding hydrogens is 280 g/mol. The summed E-state index contributed by atoms with van der Waals surface area (Å²) in [6.07, 6.45) is 7.29. The van der Waals surface area contributed by atoms with Crippen LogP contribution in [0.1, 0.15) is 18.4 Å². The Bertz CT molecular complexity index is 558. The van der Waals surface area contributed by atoms with E-state index in [2.05, 4.69) is 16.1 Å². The van der Waals surface area contributed by atoms with E-state index >= 15 is 0 Å². The van der Waals surface area contributed by atoms with Crippen LogP contribution in [0.2, 0.25) is 0 Å². The van der Waals surface area contributed by atoms with Gasteiger partial charge in [0.05, 0.1) is 13.7 Å². The van der Waals surface area contributed by atoms with Crippen molar-refractivity contribution < 1.29 is 14.3 Å². The number of hydrogen-bond donors (Lipinski definition) is 1. The molecule has 0 saturated carbocycles. The summed E-state index contributed by atoms with van der Waals surface area (Å²) >= 11 is 0. The molecule has 1 saturated heterocycles.